The van der Waals surface area contributed by atoms with Gasteiger partial charge < -0.3 is 10.3 Å². The highest BCUT2D eigenvalue weighted by molar-refractivity contribution is 6.76. The number of benzene rings is 2. The lowest BCUT2D eigenvalue weighted by Crippen LogP contribution is -2.27. The Labute approximate surface area is 163 Å². The highest BCUT2D eigenvalue weighted by atomic mass is 35.6. The van der Waals surface area contributed by atoms with E-state index in [4.69, 9.17) is 46.4 Å². The van der Waals surface area contributed by atoms with E-state index in [1.54, 1.807) is 48.5 Å². The lowest BCUT2D eigenvalue weighted by atomic mass is 10.1. The molecule has 0 atom stereocenters. The number of carbonyl (C=O) groups is 2. The minimum atomic E-state index is -2.16. The summed E-state index contributed by atoms with van der Waals surface area (Å²) < 4.78 is -2.16. The van der Waals surface area contributed by atoms with Crippen molar-refractivity contribution in [2.75, 3.05) is 5.32 Å². The molecule has 2 N–H and O–H groups in total. The lowest BCUT2D eigenvalue weighted by molar-refractivity contribution is -0.115. The molecule has 4 nitrogen and oxygen atoms in total. The maximum Gasteiger partial charge on any atom is 0.276 e. The molecule has 0 aliphatic rings. The number of halogens is 4. The molecule has 0 aliphatic heterocycles. The maximum atomic E-state index is 12.8. The number of amides is 1. The predicted octanol–water partition coefficient (Wildman–Crippen LogP) is 5.36. The number of fused-ring (bicyclic) bond motifs is 1. The van der Waals surface area contributed by atoms with Gasteiger partial charge in [0.05, 0.1) is 5.69 Å². The highest BCUT2D eigenvalue weighted by Crippen LogP contribution is 2.34. The molecule has 0 spiro atoms. The highest BCUT2D eigenvalue weighted by Gasteiger charge is 2.32. The van der Waals surface area contributed by atoms with Crippen molar-refractivity contribution in [1.29, 1.82) is 0 Å². The van der Waals surface area contributed by atoms with Crippen LogP contribution in [-0.4, -0.2) is 20.5 Å². The average molecular weight is 416 g/mol. The fourth-order valence-corrected chi connectivity index (χ4v) is 2.70. The number of hydrogen-bond donors (Lipinski definition) is 2. The van der Waals surface area contributed by atoms with E-state index in [-0.39, 0.29) is 17.2 Å². The van der Waals surface area contributed by atoms with E-state index in [1.165, 1.54) is 0 Å². The number of rotatable bonds is 3. The van der Waals surface area contributed by atoms with Crippen LogP contribution < -0.4 is 5.32 Å². The number of aromatic nitrogens is 1. The molecule has 25 heavy (non-hydrogen) atoms. The van der Waals surface area contributed by atoms with Crippen molar-refractivity contribution in [3.63, 3.8) is 0 Å². The summed E-state index contributed by atoms with van der Waals surface area (Å²) >= 11 is 22.9. The molecule has 128 valence electrons. The van der Waals surface area contributed by atoms with Gasteiger partial charge in [0.25, 0.3) is 9.70 Å². The minimum Gasteiger partial charge on any atom is -0.350 e. The van der Waals surface area contributed by atoms with Crippen LogP contribution in [0.5, 0.6) is 0 Å². The van der Waals surface area contributed by atoms with Gasteiger partial charge in [-0.1, -0.05) is 76.7 Å². The summed E-state index contributed by atoms with van der Waals surface area (Å²) in [4.78, 5) is 27.9. The van der Waals surface area contributed by atoms with Gasteiger partial charge in [-0.2, -0.15) is 0 Å². The smallest absolute Gasteiger partial charge is 0.276 e. The van der Waals surface area contributed by atoms with Crippen molar-refractivity contribution in [3.05, 3.63) is 64.8 Å². The second-order valence-corrected chi connectivity index (χ2v) is 7.93. The third-order valence-corrected chi connectivity index (χ3v) is 4.27. The topological polar surface area (TPSA) is 62.0 Å². The Morgan fingerprint density at radius 1 is 1.00 bits per heavy atom. The van der Waals surface area contributed by atoms with Crippen molar-refractivity contribution < 1.29 is 9.59 Å². The standard InChI is InChI=1S/C17H10Cl4N2O2/c18-10-6-7-11-12(8-10)22-14(13(11)23-16(25)17(19,20)21)15(24)9-4-2-1-3-5-9/h1-8,22H,(H,23,25). The van der Waals surface area contributed by atoms with Gasteiger partial charge >= 0.3 is 0 Å². The van der Waals surface area contributed by atoms with Crippen molar-refractivity contribution in [2.24, 2.45) is 0 Å². The second kappa shape index (κ2) is 6.89. The SMILES string of the molecule is O=C(c1ccccc1)c1[nH]c2cc(Cl)ccc2c1NC(=O)C(Cl)(Cl)Cl. The molecular formula is C17H10Cl4N2O2. The number of nitrogens with one attached hydrogen (secondary N) is 2. The summed E-state index contributed by atoms with van der Waals surface area (Å²) in [5, 5.41) is 3.57. The second-order valence-electron chi connectivity index (χ2n) is 5.21. The summed E-state index contributed by atoms with van der Waals surface area (Å²) in [6.45, 7) is 0. The first kappa shape index (κ1) is 18.1. The van der Waals surface area contributed by atoms with E-state index >= 15 is 0 Å². The summed E-state index contributed by atoms with van der Waals surface area (Å²) in [7, 11) is 0. The van der Waals surface area contributed by atoms with E-state index in [2.05, 4.69) is 10.3 Å². The molecule has 0 saturated carbocycles. The van der Waals surface area contributed by atoms with Crippen LogP contribution in [0.15, 0.2) is 48.5 Å². The largest absolute Gasteiger partial charge is 0.350 e. The monoisotopic (exact) mass is 414 g/mol. The zero-order valence-electron chi connectivity index (χ0n) is 12.4. The third kappa shape index (κ3) is 3.77. The Morgan fingerprint density at radius 2 is 1.68 bits per heavy atom. The molecular weight excluding hydrogens is 406 g/mol. The van der Waals surface area contributed by atoms with Gasteiger partial charge in [-0.05, 0) is 18.2 Å². The van der Waals surface area contributed by atoms with Crippen molar-refractivity contribution in [2.45, 2.75) is 3.79 Å². The number of carbonyl (C=O) groups excluding carboxylic acids is 2. The lowest BCUT2D eigenvalue weighted by Gasteiger charge is -2.12. The Balaban J connectivity index is 2.15. The van der Waals surface area contributed by atoms with Gasteiger partial charge in [0.2, 0.25) is 5.78 Å². The van der Waals surface area contributed by atoms with Crippen molar-refractivity contribution >= 4 is 74.7 Å². The van der Waals surface area contributed by atoms with Crippen LogP contribution in [0, 0.1) is 0 Å². The molecule has 0 unspecified atom stereocenters. The van der Waals surface area contributed by atoms with Gasteiger partial charge in [-0.25, -0.2) is 0 Å². The molecule has 0 radical (unpaired) electrons. The number of H-pyrrole nitrogens is 1. The zero-order valence-corrected chi connectivity index (χ0v) is 15.5. The van der Waals surface area contributed by atoms with Gasteiger partial charge in [-0.3, -0.25) is 9.59 Å². The molecule has 0 saturated heterocycles. The van der Waals surface area contributed by atoms with Gasteiger partial charge in [-0.15, -0.1) is 0 Å². The summed E-state index contributed by atoms with van der Waals surface area (Å²) in [6.07, 6.45) is 0. The van der Waals surface area contributed by atoms with Crippen LogP contribution >= 0.6 is 46.4 Å². The van der Waals surface area contributed by atoms with E-state index in [0.29, 0.717) is 21.5 Å². The number of anilines is 1. The molecule has 0 aliphatic carbocycles. The molecule has 3 rings (SSSR count). The van der Waals surface area contributed by atoms with Crippen LogP contribution in [0.2, 0.25) is 5.02 Å². The molecule has 1 heterocycles. The van der Waals surface area contributed by atoms with Crippen LogP contribution in [0.25, 0.3) is 10.9 Å². The average Bonchev–Trinajstić information content (AvgIpc) is 2.91. The summed E-state index contributed by atoms with van der Waals surface area (Å²) in [5.41, 5.74) is 1.43. The zero-order chi connectivity index (χ0) is 18.2. The van der Waals surface area contributed by atoms with E-state index < -0.39 is 9.70 Å². The first-order chi connectivity index (χ1) is 11.8. The molecule has 1 aromatic heterocycles. The Bertz CT molecular complexity index is 962. The third-order valence-electron chi connectivity index (χ3n) is 3.52. The van der Waals surface area contributed by atoms with Crippen LogP contribution in [0.1, 0.15) is 16.1 Å². The molecule has 3 aromatic rings. The first-order valence-electron chi connectivity index (χ1n) is 7.06. The molecule has 0 bridgehead atoms. The predicted molar refractivity (Wildman–Crippen MR) is 102 cm³/mol. The van der Waals surface area contributed by atoms with E-state index in [9.17, 15) is 9.59 Å². The molecule has 8 heteroatoms. The van der Waals surface area contributed by atoms with Crippen LogP contribution in [0.4, 0.5) is 5.69 Å². The molecule has 2 aromatic carbocycles. The number of hydrogen-bond acceptors (Lipinski definition) is 2. The van der Waals surface area contributed by atoms with Gasteiger partial charge in [0, 0.05) is 21.5 Å². The van der Waals surface area contributed by atoms with Gasteiger partial charge in [0.15, 0.2) is 0 Å². The minimum absolute atomic E-state index is 0.172. The van der Waals surface area contributed by atoms with Gasteiger partial charge in [0.1, 0.15) is 5.69 Å². The van der Waals surface area contributed by atoms with Crippen LogP contribution in [-0.2, 0) is 4.79 Å². The summed E-state index contributed by atoms with van der Waals surface area (Å²) in [5.74, 6) is -1.18. The van der Waals surface area contributed by atoms with E-state index in [1.807, 2.05) is 0 Å². The Kier molecular flexibility index (Phi) is 4.98. The van der Waals surface area contributed by atoms with Crippen molar-refractivity contribution in [1.82, 2.24) is 4.98 Å². The first-order valence-corrected chi connectivity index (χ1v) is 8.57. The summed E-state index contributed by atoms with van der Waals surface area (Å²) in [6, 6.07) is 13.6. The fraction of sp³-hybridized carbons (Fsp3) is 0.0588. The molecule has 0 fully saturated rings. The quantitative estimate of drug-likeness (QED) is 0.446. The van der Waals surface area contributed by atoms with Crippen LogP contribution in [0.3, 0.4) is 0 Å². The fourth-order valence-electron chi connectivity index (χ4n) is 2.39. The molecule has 1 amide bonds. The normalized spacial score (nSPS) is 11.5. The van der Waals surface area contributed by atoms with E-state index in [0.717, 1.165) is 0 Å². The number of ketones is 1. The number of aromatic amines is 1. The Hall–Kier alpha value is -1.72. The Morgan fingerprint density at radius 3 is 2.32 bits per heavy atom. The maximum absolute atomic E-state index is 12.8. The van der Waals surface area contributed by atoms with Crippen molar-refractivity contribution in [3.8, 4) is 0 Å². The number of alkyl halides is 3.